The Labute approximate surface area is 57.7 Å². The summed E-state index contributed by atoms with van der Waals surface area (Å²) in [7, 11) is 1.96. The molecule has 3 heteroatoms. The van der Waals surface area contributed by atoms with Crippen LogP contribution in [0.2, 0.25) is 0 Å². The van der Waals surface area contributed by atoms with Crippen LogP contribution in [0.1, 0.15) is 0 Å². The summed E-state index contributed by atoms with van der Waals surface area (Å²) in [4.78, 5) is 4.01. The van der Waals surface area contributed by atoms with Crippen molar-refractivity contribution in [3.63, 3.8) is 0 Å². The first kappa shape index (κ1) is 5.82. The van der Waals surface area contributed by atoms with Gasteiger partial charge in [-0.2, -0.15) is 0 Å². The van der Waals surface area contributed by atoms with Gasteiger partial charge in [0.05, 0.1) is 0 Å². The molecule has 0 N–H and O–H groups in total. The van der Waals surface area contributed by atoms with Gasteiger partial charge in [-0.15, -0.1) is 0 Å². The van der Waals surface area contributed by atoms with Gasteiger partial charge >= 0.3 is 0 Å². The molecule has 1 aromatic rings. The molecule has 0 fully saturated rings. The van der Waals surface area contributed by atoms with E-state index in [0.29, 0.717) is 0 Å². The van der Waals surface area contributed by atoms with Crippen LogP contribution in [-0.2, 0) is 0 Å². The zero-order chi connectivity index (χ0) is 5.98. The van der Waals surface area contributed by atoms with Crippen molar-refractivity contribution in [2.45, 2.75) is 0 Å². The van der Waals surface area contributed by atoms with Crippen LogP contribution < -0.4 is 5.59 Å². The molecule has 0 aromatic carbocycles. The second-order valence-corrected chi connectivity index (χ2v) is 2.53. The Morgan fingerprint density at radius 2 is 2.38 bits per heavy atom. The zero-order valence-electron chi connectivity index (χ0n) is 4.56. The first-order valence-corrected chi connectivity index (χ1v) is 3.16. The monoisotopic (exact) mass is 169 g/mol. The molecule has 1 rings (SSSR count). The van der Waals surface area contributed by atoms with Gasteiger partial charge in [-0.05, 0) is 17.7 Å². The van der Waals surface area contributed by atoms with Crippen molar-refractivity contribution in [2.75, 3.05) is 0 Å². The van der Waals surface area contributed by atoms with Gasteiger partial charge in [0.15, 0.2) is 7.85 Å². The number of hydrogen-bond donors (Lipinski definition) is 0. The van der Waals surface area contributed by atoms with Crippen LogP contribution in [0.3, 0.4) is 0 Å². The average molecular weight is 170 g/mol. The molecule has 0 aliphatic rings. The van der Waals surface area contributed by atoms with E-state index in [0.717, 1.165) is 10.1 Å². The van der Waals surface area contributed by atoms with Gasteiger partial charge in [0.25, 0.3) is 0 Å². The summed E-state index contributed by atoms with van der Waals surface area (Å²) in [5.74, 6) is 0. The lowest BCUT2D eigenvalue weighted by molar-refractivity contribution is 1.38. The Bertz CT molecular complexity index is 172. The number of rotatable bonds is 0. The fraction of sp³-hybridized carbons (Fsp3) is 0. The molecule has 1 nitrogen and oxygen atoms in total. The number of pyridine rings is 1. The summed E-state index contributed by atoms with van der Waals surface area (Å²) >= 11 is 3.32. The maximum atomic E-state index is 4.01. The van der Waals surface area contributed by atoms with E-state index in [1.54, 1.807) is 6.20 Å². The Morgan fingerprint density at radius 1 is 1.62 bits per heavy atom. The normalized spacial score (nSPS) is 9.12. The lowest BCUT2D eigenvalue weighted by Gasteiger charge is -1.88. The highest BCUT2D eigenvalue weighted by atomic mass is 79.9. The molecule has 1 heterocycles. The van der Waals surface area contributed by atoms with Crippen LogP contribution in [0, 0.1) is 0 Å². The van der Waals surface area contributed by atoms with Gasteiger partial charge in [0.2, 0.25) is 0 Å². The topological polar surface area (TPSA) is 12.9 Å². The number of nitrogens with zero attached hydrogens (tertiary/aromatic N) is 1. The van der Waals surface area contributed by atoms with E-state index in [1.807, 2.05) is 20.0 Å². The predicted molar refractivity (Wildman–Crippen MR) is 40.1 cm³/mol. The van der Waals surface area contributed by atoms with Crippen molar-refractivity contribution >= 4 is 29.4 Å². The minimum Gasteiger partial charge on any atom is -0.272 e. The molecule has 40 valence electrons. The van der Waals surface area contributed by atoms with E-state index in [-0.39, 0.29) is 0 Å². The van der Waals surface area contributed by atoms with Gasteiger partial charge in [0, 0.05) is 10.7 Å². The van der Waals surface area contributed by atoms with E-state index in [2.05, 4.69) is 20.9 Å². The van der Waals surface area contributed by atoms with Crippen molar-refractivity contribution in [3.8, 4) is 0 Å². The highest BCUT2D eigenvalue weighted by Crippen LogP contribution is 2.02. The van der Waals surface area contributed by atoms with E-state index in [9.17, 15) is 0 Å². The smallest absolute Gasteiger partial charge is 0.163 e. The average Bonchev–Trinajstić information content (AvgIpc) is 1.64. The third-order valence-corrected chi connectivity index (χ3v) is 1.35. The second-order valence-electron chi connectivity index (χ2n) is 1.62. The van der Waals surface area contributed by atoms with Crippen LogP contribution in [0.5, 0.6) is 0 Å². The van der Waals surface area contributed by atoms with Crippen LogP contribution >= 0.6 is 15.9 Å². The van der Waals surface area contributed by atoms with Gasteiger partial charge in [-0.3, -0.25) is 4.98 Å². The Balaban J connectivity index is 3.08. The molecule has 1 aromatic heterocycles. The highest BCUT2D eigenvalue weighted by molar-refractivity contribution is 9.10. The molecule has 0 aliphatic carbocycles. The number of halogens is 1. The number of hydrogen-bond acceptors (Lipinski definition) is 1. The Kier molecular flexibility index (Phi) is 1.68. The van der Waals surface area contributed by atoms with Crippen molar-refractivity contribution < 1.29 is 0 Å². The van der Waals surface area contributed by atoms with E-state index in [1.165, 1.54) is 0 Å². The standard InChI is InChI=1S/C5H5BBrN/c6-5-3-4(7)1-2-8-5/h1-3H,6H2. The van der Waals surface area contributed by atoms with E-state index in [4.69, 9.17) is 0 Å². The molecule has 0 amide bonds. The molecule has 0 unspecified atom stereocenters. The molecule has 0 radical (unpaired) electrons. The number of aromatic nitrogens is 1. The molecular weight excluding hydrogens is 165 g/mol. The molecule has 0 atom stereocenters. The van der Waals surface area contributed by atoms with E-state index >= 15 is 0 Å². The summed E-state index contributed by atoms with van der Waals surface area (Å²) < 4.78 is 1.09. The van der Waals surface area contributed by atoms with Crippen molar-refractivity contribution in [3.05, 3.63) is 22.8 Å². The Hall–Kier alpha value is -0.305. The van der Waals surface area contributed by atoms with E-state index < -0.39 is 0 Å². The fourth-order valence-electron chi connectivity index (χ4n) is 0.511. The van der Waals surface area contributed by atoms with Crippen molar-refractivity contribution in [2.24, 2.45) is 0 Å². The first-order chi connectivity index (χ1) is 3.79. The quantitative estimate of drug-likeness (QED) is 0.503. The largest absolute Gasteiger partial charge is 0.272 e. The van der Waals surface area contributed by atoms with Crippen LogP contribution in [0.15, 0.2) is 22.8 Å². The fourth-order valence-corrected chi connectivity index (χ4v) is 0.960. The maximum absolute atomic E-state index is 4.01. The highest BCUT2D eigenvalue weighted by Gasteiger charge is 1.83. The zero-order valence-corrected chi connectivity index (χ0v) is 6.14. The Morgan fingerprint density at radius 3 is 2.75 bits per heavy atom. The van der Waals surface area contributed by atoms with Gasteiger partial charge in [-0.25, -0.2) is 0 Å². The molecule has 0 bridgehead atoms. The lowest BCUT2D eigenvalue weighted by atomic mass is 10.1. The van der Waals surface area contributed by atoms with Gasteiger partial charge in [0.1, 0.15) is 0 Å². The second kappa shape index (κ2) is 2.31. The van der Waals surface area contributed by atoms with Crippen LogP contribution in [-0.4, -0.2) is 12.8 Å². The van der Waals surface area contributed by atoms with Gasteiger partial charge in [-0.1, -0.05) is 15.9 Å². The molecule has 0 aliphatic heterocycles. The summed E-state index contributed by atoms with van der Waals surface area (Å²) in [6.45, 7) is 0. The lowest BCUT2D eigenvalue weighted by Crippen LogP contribution is -2.05. The minimum absolute atomic E-state index is 1.04. The summed E-state index contributed by atoms with van der Waals surface area (Å²) in [5, 5.41) is 0. The summed E-state index contributed by atoms with van der Waals surface area (Å²) in [6.07, 6.45) is 1.78. The molecule has 8 heavy (non-hydrogen) atoms. The molecular formula is C5H5BBrN. The molecule has 0 spiro atoms. The molecule has 0 saturated heterocycles. The molecule has 0 saturated carbocycles. The third-order valence-electron chi connectivity index (χ3n) is 0.859. The predicted octanol–water partition coefficient (Wildman–Crippen LogP) is 0.103. The SMILES string of the molecule is Bc1cc(Br)ccn1. The minimum atomic E-state index is 1.04. The van der Waals surface area contributed by atoms with Crippen LogP contribution in [0.4, 0.5) is 0 Å². The third kappa shape index (κ3) is 1.34. The van der Waals surface area contributed by atoms with Crippen molar-refractivity contribution in [1.82, 2.24) is 4.98 Å². The maximum Gasteiger partial charge on any atom is 0.163 e. The van der Waals surface area contributed by atoms with Crippen LogP contribution in [0.25, 0.3) is 0 Å². The first-order valence-electron chi connectivity index (χ1n) is 2.37. The van der Waals surface area contributed by atoms with Crippen molar-refractivity contribution in [1.29, 1.82) is 0 Å². The van der Waals surface area contributed by atoms with Gasteiger partial charge < -0.3 is 0 Å². The summed E-state index contributed by atoms with van der Waals surface area (Å²) in [6, 6.07) is 3.88. The summed E-state index contributed by atoms with van der Waals surface area (Å²) in [5.41, 5.74) is 1.04.